The Morgan fingerprint density at radius 1 is 1.03 bits per heavy atom. The zero-order valence-corrected chi connectivity index (χ0v) is 18.5. The molecule has 0 aliphatic heterocycles. The highest BCUT2D eigenvalue weighted by molar-refractivity contribution is 7.22. The van der Waals surface area contributed by atoms with Gasteiger partial charge in [0.25, 0.3) is 5.91 Å². The first kappa shape index (κ1) is 21.1. The average molecular weight is 412 g/mol. The molecule has 6 heteroatoms. The number of carbonyl (C=O) groups is 1. The first-order valence-corrected chi connectivity index (χ1v) is 10.6. The third kappa shape index (κ3) is 5.94. The maximum Gasteiger partial charge on any atom is 0.276 e. The van der Waals surface area contributed by atoms with E-state index in [9.17, 15) is 4.79 Å². The van der Waals surface area contributed by atoms with Crippen LogP contribution in [0.3, 0.4) is 0 Å². The first-order chi connectivity index (χ1) is 13.6. The van der Waals surface area contributed by atoms with Crippen LogP contribution in [0.25, 0.3) is 10.2 Å². The molecule has 29 heavy (non-hydrogen) atoms. The van der Waals surface area contributed by atoms with Crippen molar-refractivity contribution in [1.82, 2.24) is 10.4 Å². The highest BCUT2D eigenvalue weighted by Gasteiger charge is 2.27. The summed E-state index contributed by atoms with van der Waals surface area (Å²) >= 11 is 1.48. The number of nitrogens with zero attached hydrogens (tertiary/aromatic N) is 1. The van der Waals surface area contributed by atoms with Gasteiger partial charge in [0.2, 0.25) is 5.13 Å². The molecule has 2 aromatic carbocycles. The topological polar surface area (TPSA) is 63.2 Å². The molecule has 3 aromatic rings. The molecule has 1 aromatic heterocycles. The number of para-hydroxylation sites is 1. The number of rotatable bonds is 7. The molecule has 0 aliphatic carbocycles. The molecule has 0 unspecified atom stereocenters. The fraction of sp³-hybridized carbons (Fsp3) is 0.391. The number of thiazole rings is 1. The van der Waals surface area contributed by atoms with E-state index < -0.39 is 0 Å². The van der Waals surface area contributed by atoms with E-state index in [1.165, 1.54) is 16.9 Å². The quantitative estimate of drug-likeness (QED) is 0.502. The molecule has 3 rings (SSSR count). The van der Waals surface area contributed by atoms with Gasteiger partial charge in [-0.25, -0.2) is 4.98 Å². The van der Waals surface area contributed by atoms with Crippen LogP contribution in [0.15, 0.2) is 48.5 Å². The van der Waals surface area contributed by atoms with Crippen LogP contribution in [-0.4, -0.2) is 17.5 Å². The van der Waals surface area contributed by atoms with Gasteiger partial charge in [-0.3, -0.25) is 15.6 Å². The van der Waals surface area contributed by atoms with Gasteiger partial charge in [0, 0.05) is 0 Å². The largest absolute Gasteiger partial charge is 0.484 e. The summed E-state index contributed by atoms with van der Waals surface area (Å²) < 4.78 is 6.68. The van der Waals surface area contributed by atoms with Crippen molar-refractivity contribution in [1.29, 1.82) is 0 Å². The second kappa shape index (κ2) is 8.41. The van der Waals surface area contributed by atoms with Crippen molar-refractivity contribution < 1.29 is 9.53 Å². The van der Waals surface area contributed by atoms with Crippen molar-refractivity contribution in [3.05, 3.63) is 54.1 Å². The Hall–Kier alpha value is -2.60. The van der Waals surface area contributed by atoms with Gasteiger partial charge in [-0.2, -0.15) is 0 Å². The summed E-state index contributed by atoms with van der Waals surface area (Å²) in [6.45, 7) is 11.2. The van der Waals surface area contributed by atoms with Crippen molar-refractivity contribution in [2.45, 2.75) is 46.5 Å². The van der Waals surface area contributed by atoms with Crippen LogP contribution >= 0.6 is 11.3 Å². The minimum atomic E-state index is -0.263. The third-order valence-electron chi connectivity index (χ3n) is 4.58. The lowest BCUT2D eigenvalue weighted by molar-refractivity contribution is -0.122. The van der Waals surface area contributed by atoms with Gasteiger partial charge in [-0.15, -0.1) is 0 Å². The Kier molecular flexibility index (Phi) is 6.13. The Morgan fingerprint density at radius 2 is 1.72 bits per heavy atom. The number of carbonyl (C=O) groups excluding carboxylic acids is 1. The number of benzene rings is 2. The van der Waals surface area contributed by atoms with Crippen LogP contribution in [0, 0.1) is 5.41 Å². The Bertz CT molecular complexity index is 939. The smallest absolute Gasteiger partial charge is 0.276 e. The molecule has 0 bridgehead atoms. The van der Waals surface area contributed by atoms with Gasteiger partial charge in [0.1, 0.15) is 5.75 Å². The van der Waals surface area contributed by atoms with Crippen molar-refractivity contribution in [2.24, 2.45) is 5.41 Å². The van der Waals surface area contributed by atoms with Crippen LogP contribution in [0.2, 0.25) is 0 Å². The monoisotopic (exact) mass is 411 g/mol. The number of hydrazine groups is 1. The van der Waals surface area contributed by atoms with E-state index in [1.54, 1.807) is 0 Å². The summed E-state index contributed by atoms with van der Waals surface area (Å²) in [6.07, 6.45) is 1.08. The van der Waals surface area contributed by atoms with Crippen LogP contribution in [0.4, 0.5) is 5.13 Å². The van der Waals surface area contributed by atoms with Gasteiger partial charge < -0.3 is 4.74 Å². The van der Waals surface area contributed by atoms with Gasteiger partial charge >= 0.3 is 0 Å². The number of hydrogen-bond acceptors (Lipinski definition) is 5. The second-order valence-electron chi connectivity index (χ2n) is 9.09. The Labute approximate surface area is 176 Å². The summed E-state index contributed by atoms with van der Waals surface area (Å²) in [6, 6.07) is 15.8. The standard InChI is InChI=1S/C23H29N3O2S/c1-22(2,3)15-23(4,5)16-10-12-17(13-11-16)28-14-20(27)25-26-21-24-18-8-6-7-9-19(18)29-21/h6-13H,14-15H2,1-5H3,(H,24,26)(H,25,27). The van der Waals surface area contributed by atoms with E-state index in [2.05, 4.69) is 62.6 Å². The summed E-state index contributed by atoms with van der Waals surface area (Å²) in [5.41, 5.74) is 7.98. The highest BCUT2D eigenvalue weighted by Crippen LogP contribution is 2.36. The van der Waals surface area contributed by atoms with E-state index in [0.717, 1.165) is 16.6 Å². The molecule has 5 nitrogen and oxygen atoms in total. The fourth-order valence-corrected chi connectivity index (χ4v) is 4.48. The second-order valence-corrected chi connectivity index (χ2v) is 10.1. The number of fused-ring (bicyclic) bond motifs is 1. The minimum Gasteiger partial charge on any atom is -0.484 e. The first-order valence-electron chi connectivity index (χ1n) is 9.76. The zero-order chi connectivity index (χ0) is 21.1. The van der Waals surface area contributed by atoms with Gasteiger partial charge in [0.05, 0.1) is 10.2 Å². The molecule has 0 aliphatic rings. The molecular formula is C23H29N3O2S. The molecule has 0 fully saturated rings. The van der Waals surface area contributed by atoms with Crippen LogP contribution in [0.5, 0.6) is 5.75 Å². The zero-order valence-electron chi connectivity index (χ0n) is 17.7. The lowest BCUT2D eigenvalue weighted by atomic mass is 9.72. The molecule has 2 N–H and O–H groups in total. The lowest BCUT2D eigenvalue weighted by Crippen LogP contribution is -2.33. The van der Waals surface area contributed by atoms with Crippen molar-refractivity contribution in [3.8, 4) is 5.75 Å². The lowest BCUT2D eigenvalue weighted by Gasteiger charge is -2.33. The summed E-state index contributed by atoms with van der Waals surface area (Å²) in [5, 5.41) is 0.644. The summed E-state index contributed by atoms with van der Waals surface area (Å²) in [5.74, 6) is 0.414. The van der Waals surface area contributed by atoms with Crippen LogP contribution in [-0.2, 0) is 10.2 Å². The summed E-state index contributed by atoms with van der Waals surface area (Å²) in [4.78, 5) is 16.5. The molecule has 154 valence electrons. The highest BCUT2D eigenvalue weighted by atomic mass is 32.1. The van der Waals surface area contributed by atoms with E-state index in [0.29, 0.717) is 10.9 Å². The van der Waals surface area contributed by atoms with Crippen LogP contribution in [0.1, 0.15) is 46.6 Å². The van der Waals surface area contributed by atoms with E-state index >= 15 is 0 Å². The number of ether oxygens (including phenoxy) is 1. The van der Waals surface area contributed by atoms with Crippen molar-refractivity contribution in [2.75, 3.05) is 12.0 Å². The molecule has 1 amide bonds. The number of nitrogens with one attached hydrogen (secondary N) is 2. The third-order valence-corrected chi connectivity index (χ3v) is 5.53. The maximum absolute atomic E-state index is 12.1. The Balaban J connectivity index is 1.49. The fourth-order valence-electron chi connectivity index (χ4n) is 3.66. The number of aromatic nitrogens is 1. The Morgan fingerprint density at radius 3 is 2.38 bits per heavy atom. The van der Waals surface area contributed by atoms with E-state index in [1.807, 2.05) is 36.4 Å². The number of hydrogen-bond donors (Lipinski definition) is 2. The van der Waals surface area contributed by atoms with E-state index in [4.69, 9.17) is 4.74 Å². The van der Waals surface area contributed by atoms with Crippen molar-refractivity contribution >= 4 is 32.6 Å². The molecule has 0 spiro atoms. The average Bonchev–Trinajstić information content (AvgIpc) is 3.06. The van der Waals surface area contributed by atoms with Crippen LogP contribution < -0.4 is 15.6 Å². The van der Waals surface area contributed by atoms with Crippen molar-refractivity contribution in [3.63, 3.8) is 0 Å². The molecule has 0 atom stereocenters. The van der Waals surface area contributed by atoms with Gasteiger partial charge in [-0.05, 0) is 47.1 Å². The maximum atomic E-state index is 12.1. The predicted octanol–water partition coefficient (Wildman–Crippen LogP) is 5.53. The van der Waals surface area contributed by atoms with Gasteiger partial charge in [0.15, 0.2) is 6.61 Å². The normalized spacial score (nSPS) is 12.0. The minimum absolute atomic E-state index is 0.0668. The van der Waals surface area contributed by atoms with Gasteiger partial charge in [-0.1, -0.05) is 70.2 Å². The number of anilines is 1. The predicted molar refractivity (Wildman–Crippen MR) is 120 cm³/mol. The van der Waals surface area contributed by atoms with E-state index in [-0.39, 0.29) is 23.3 Å². The molecule has 0 saturated heterocycles. The summed E-state index contributed by atoms with van der Waals surface area (Å²) in [7, 11) is 0. The molecule has 0 saturated carbocycles. The molecule has 0 radical (unpaired) electrons. The number of amides is 1. The molecular weight excluding hydrogens is 382 g/mol. The molecule has 1 heterocycles. The SMILES string of the molecule is CC(C)(C)CC(C)(C)c1ccc(OCC(=O)NNc2nc3ccccc3s2)cc1.